The number of carbonyl (C=O) groups excluding carboxylic acids is 1. The molecule has 1 amide bonds. The monoisotopic (exact) mass is 396 g/mol. The third-order valence-corrected chi connectivity index (χ3v) is 4.62. The van der Waals surface area contributed by atoms with Crippen molar-refractivity contribution in [2.75, 3.05) is 33.2 Å². The van der Waals surface area contributed by atoms with Crippen LogP contribution in [0.2, 0.25) is 0 Å². The molecule has 1 aliphatic rings. The van der Waals surface area contributed by atoms with Gasteiger partial charge in [0.1, 0.15) is 0 Å². The lowest BCUT2D eigenvalue weighted by atomic mass is 10.2. The van der Waals surface area contributed by atoms with Crippen LogP contribution in [0.3, 0.4) is 0 Å². The number of amides is 1. The number of likely N-dealkylation sites (N-methyl/N-ethyl adjacent to an activating group) is 1. The highest BCUT2D eigenvalue weighted by Gasteiger charge is 2.30. The van der Waals surface area contributed by atoms with Crippen LogP contribution in [0.15, 0.2) is 35.1 Å². The molecule has 2 N–H and O–H groups in total. The normalized spacial score (nSPS) is 16.2. The van der Waals surface area contributed by atoms with Crippen molar-refractivity contribution >= 4 is 5.91 Å². The molecule has 1 fully saturated rings. The number of piperazine rings is 1. The number of rotatable bonds is 3. The zero-order valence-electron chi connectivity index (χ0n) is 15.5. The summed E-state index contributed by atoms with van der Waals surface area (Å²) in [6, 6.07) is 5.75. The lowest BCUT2D eigenvalue weighted by molar-refractivity contribution is -0.884. The van der Waals surface area contributed by atoms with E-state index in [0.29, 0.717) is 18.8 Å². The quantitative estimate of drug-likeness (QED) is 0.769. The molecule has 7 nitrogen and oxygen atoms in total. The molecular formula is C18H21F3N5O2+. The van der Waals surface area contributed by atoms with Gasteiger partial charge in [-0.25, -0.2) is 9.69 Å². The molecule has 0 atom stereocenters. The third-order valence-electron chi connectivity index (χ3n) is 4.62. The molecule has 1 aromatic heterocycles. The Morgan fingerprint density at radius 3 is 2.54 bits per heavy atom. The summed E-state index contributed by atoms with van der Waals surface area (Å²) in [5, 5.41) is 5.75. The second-order valence-corrected chi connectivity index (χ2v) is 6.84. The van der Waals surface area contributed by atoms with Crippen molar-refractivity contribution in [1.29, 1.82) is 0 Å². The highest BCUT2D eigenvalue weighted by Crippen LogP contribution is 2.30. The van der Waals surface area contributed by atoms with Gasteiger partial charge in [-0.3, -0.25) is 15.0 Å². The lowest BCUT2D eigenvalue weighted by Crippen LogP contribution is -3.12. The fourth-order valence-electron chi connectivity index (χ4n) is 2.98. The van der Waals surface area contributed by atoms with Gasteiger partial charge >= 0.3 is 6.18 Å². The van der Waals surface area contributed by atoms with E-state index in [4.69, 9.17) is 0 Å². The molecular weight excluding hydrogens is 375 g/mol. The molecule has 150 valence electrons. The number of carbonyl (C=O) groups is 1. The van der Waals surface area contributed by atoms with Crippen LogP contribution in [0.5, 0.6) is 0 Å². The summed E-state index contributed by atoms with van der Waals surface area (Å²) in [7, 11) is 2.05. The van der Waals surface area contributed by atoms with Gasteiger partial charge in [0.25, 0.3) is 5.91 Å². The number of nitrogens with one attached hydrogen (secondary N) is 2. The predicted molar refractivity (Wildman–Crippen MR) is 95.2 cm³/mol. The van der Waals surface area contributed by atoms with Crippen molar-refractivity contribution in [2.24, 2.45) is 0 Å². The number of hydrazine groups is 1. The smallest absolute Gasteiger partial charge is 0.335 e. The highest BCUT2D eigenvalue weighted by molar-refractivity contribution is 5.91. The summed E-state index contributed by atoms with van der Waals surface area (Å²) in [6.45, 7) is 4.49. The number of nitrogens with zero attached hydrogens (tertiary/aromatic N) is 3. The molecule has 0 unspecified atom stereocenters. The van der Waals surface area contributed by atoms with Gasteiger partial charge in [0, 0.05) is 11.8 Å². The SMILES string of the molecule is Cc1cc(=O)c(C(=O)NN2CC[NH+](C)CC2)nn1-c1cccc(C(F)(F)F)c1. The zero-order chi connectivity index (χ0) is 20.5. The molecule has 2 heterocycles. The number of hydrogen-bond donors (Lipinski definition) is 2. The predicted octanol–water partition coefficient (Wildman–Crippen LogP) is 0.0348. The van der Waals surface area contributed by atoms with Gasteiger partial charge in [-0.05, 0) is 25.1 Å². The molecule has 28 heavy (non-hydrogen) atoms. The average Bonchev–Trinajstić information content (AvgIpc) is 2.63. The summed E-state index contributed by atoms with van der Waals surface area (Å²) in [5.41, 5.74) is 1.31. The van der Waals surface area contributed by atoms with Gasteiger partial charge in [0.15, 0.2) is 5.69 Å². The minimum absolute atomic E-state index is 0.115. The molecule has 0 radical (unpaired) electrons. The summed E-state index contributed by atoms with van der Waals surface area (Å²) in [5.74, 6) is -0.676. The Hall–Kier alpha value is -2.72. The van der Waals surface area contributed by atoms with Crippen LogP contribution in [0, 0.1) is 6.92 Å². The van der Waals surface area contributed by atoms with E-state index in [1.54, 1.807) is 11.9 Å². The Morgan fingerprint density at radius 1 is 1.21 bits per heavy atom. The van der Waals surface area contributed by atoms with Gasteiger partial charge in [-0.15, -0.1) is 0 Å². The van der Waals surface area contributed by atoms with E-state index in [-0.39, 0.29) is 11.4 Å². The zero-order valence-corrected chi connectivity index (χ0v) is 15.5. The van der Waals surface area contributed by atoms with Gasteiger partial charge in [0.2, 0.25) is 5.43 Å². The van der Waals surface area contributed by atoms with E-state index < -0.39 is 23.1 Å². The summed E-state index contributed by atoms with van der Waals surface area (Å²) >= 11 is 0. The van der Waals surface area contributed by atoms with Crippen LogP contribution in [0.4, 0.5) is 13.2 Å². The second-order valence-electron chi connectivity index (χ2n) is 6.84. The number of alkyl halides is 3. The highest BCUT2D eigenvalue weighted by atomic mass is 19.4. The molecule has 2 aromatic rings. The number of halogens is 3. The fourth-order valence-corrected chi connectivity index (χ4v) is 2.98. The molecule has 3 rings (SSSR count). The van der Waals surface area contributed by atoms with Crippen molar-refractivity contribution in [3.8, 4) is 5.69 Å². The first-order valence-corrected chi connectivity index (χ1v) is 8.81. The Balaban J connectivity index is 1.91. The lowest BCUT2D eigenvalue weighted by Gasteiger charge is -2.29. The van der Waals surface area contributed by atoms with Crippen LogP contribution in [0.1, 0.15) is 21.7 Å². The van der Waals surface area contributed by atoms with E-state index in [9.17, 15) is 22.8 Å². The summed E-state index contributed by atoms with van der Waals surface area (Å²) < 4.78 is 40.1. The first kappa shape index (κ1) is 20.0. The molecule has 0 spiro atoms. The largest absolute Gasteiger partial charge is 0.416 e. The second kappa shape index (κ2) is 7.72. The molecule has 0 saturated carbocycles. The summed E-state index contributed by atoms with van der Waals surface area (Å²) in [6.07, 6.45) is -4.51. The molecule has 10 heteroatoms. The van der Waals surface area contributed by atoms with Crippen molar-refractivity contribution in [3.63, 3.8) is 0 Å². The van der Waals surface area contributed by atoms with E-state index >= 15 is 0 Å². The Bertz CT molecular complexity index is 934. The number of benzene rings is 1. The van der Waals surface area contributed by atoms with Crippen LogP contribution in [-0.4, -0.2) is 53.9 Å². The van der Waals surface area contributed by atoms with Crippen molar-refractivity contribution in [3.05, 3.63) is 57.5 Å². The standard InChI is InChI=1S/C18H20F3N5O2/c1-12-10-15(27)16(17(28)23-25-8-6-24(2)7-9-25)22-26(12)14-5-3-4-13(11-14)18(19,20)21/h3-5,10-11H,6-9H2,1-2H3,(H,23,28)/p+1. The maximum atomic E-state index is 13.0. The Kier molecular flexibility index (Phi) is 5.52. The van der Waals surface area contributed by atoms with Crippen LogP contribution in [-0.2, 0) is 6.18 Å². The fraction of sp³-hybridized carbons (Fsp3) is 0.389. The van der Waals surface area contributed by atoms with Gasteiger partial charge in [-0.1, -0.05) is 6.07 Å². The van der Waals surface area contributed by atoms with Gasteiger partial charge < -0.3 is 4.90 Å². The molecule has 1 saturated heterocycles. The molecule has 0 aliphatic carbocycles. The van der Waals surface area contributed by atoms with Gasteiger partial charge in [0.05, 0.1) is 44.5 Å². The average molecular weight is 396 g/mol. The van der Waals surface area contributed by atoms with Crippen molar-refractivity contribution in [2.45, 2.75) is 13.1 Å². The topological polar surface area (TPSA) is 71.7 Å². The number of hydrogen-bond acceptors (Lipinski definition) is 4. The minimum atomic E-state index is -4.51. The summed E-state index contributed by atoms with van der Waals surface area (Å²) in [4.78, 5) is 26.1. The van der Waals surface area contributed by atoms with E-state index in [0.717, 1.165) is 25.2 Å². The maximum Gasteiger partial charge on any atom is 0.416 e. The van der Waals surface area contributed by atoms with Crippen LogP contribution < -0.4 is 15.8 Å². The van der Waals surface area contributed by atoms with Gasteiger partial charge in [-0.2, -0.15) is 18.3 Å². The Labute approximate surface area is 159 Å². The van der Waals surface area contributed by atoms with Crippen molar-refractivity contribution in [1.82, 2.24) is 20.2 Å². The molecule has 1 aliphatic heterocycles. The first-order chi connectivity index (χ1) is 13.1. The van der Waals surface area contributed by atoms with E-state index in [1.165, 1.54) is 27.8 Å². The number of quaternary nitrogens is 1. The maximum absolute atomic E-state index is 13.0. The molecule has 1 aromatic carbocycles. The van der Waals surface area contributed by atoms with E-state index in [1.807, 2.05) is 0 Å². The number of aryl methyl sites for hydroxylation is 1. The third kappa shape index (κ3) is 4.39. The first-order valence-electron chi connectivity index (χ1n) is 8.81. The number of aromatic nitrogens is 2. The van der Waals surface area contributed by atoms with Crippen LogP contribution in [0.25, 0.3) is 5.69 Å². The molecule has 0 bridgehead atoms. The van der Waals surface area contributed by atoms with Crippen molar-refractivity contribution < 1.29 is 22.9 Å². The Morgan fingerprint density at radius 2 is 1.89 bits per heavy atom. The van der Waals surface area contributed by atoms with Crippen LogP contribution >= 0.6 is 0 Å². The minimum Gasteiger partial charge on any atom is -0.335 e. The van der Waals surface area contributed by atoms with E-state index in [2.05, 4.69) is 17.6 Å².